The molecule has 0 unspecified atom stereocenters. The third-order valence-electron chi connectivity index (χ3n) is 6.75. The summed E-state index contributed by atoms with van der Waals surface area (Å²) in [5.41, 5.74) is 2.59. The van der Waals surface area contributed by atoms with Crippen molar-refractivity contribution >= 4 is 16.4 Å². The van der Waals surface area contributed by atoms with E-state index in [4.69, 9.17) is 14.6 Å². The van der Waals surface area contributed by atoms with E-state index in [0.717, 1.165) is 34.9 Å². The van der Waals surface area contributed by atoms with Gasteiger partial charge in [0.25, 0.3) is 0 Å². The Bertz CT molecular complexity index is 1460. The van der Waals surface area contributed by atoms with Gasteiger partial charge in [-0.25, -0.2) is 4.98 Å². The highest BCUT2D eigenvalue weighted by Crippen LogP contribution is 2.29. The van der Waals surface area contributed by atoms with Crippen LogP contribution in [0.25, 0.3) is 27.8 Å². The predicted molar refractivity (Wildman–Crippen MR) is 143 cm³/mol. The van der Waals surface area contributed by atoms with Crippen LogP contribution in [-0.2, 0) is 6.61 Å². The molecule has 0 saturated carbocycles. The lowest BCUT2D eigenvalue weighted by molar-refractivity contribution is 0.203. The van der Waals surface area contributed by atoms with Gasteiger partial charge in [0.1, 0.15) is 6.61 Å². The molecule has 0 atom stereocenters. The number of hydrogen-bond acceptors (Lipinski definition) is 7. The summed E-state index contributed by atoms with van der Waals surface area (Å²) in [6, 6.07) is 21.8. The Morgan fingerprint density at radius 3 is 2.41 bits per heavy atom. The van der Waals surface area contributed by atoms with Crippen molar-refractivity contribution in [1.29, 1.82) is 0 Å². The summed E-state index contributed by atoms with van der Waals surface area (Å²) in [6.45, 7) is 4.55. The molecule has 1 aliphatic heterocycles. The van der Waals surface area contributed by atoms with Gasteiger partial charge in [0.2, 0.25) is 11.8 Å². The van der Waals surface area contributed by atoms with Crippen molar-refractivity contribution in [2.45, 2.75) is 32.3 Å². The van der Waals surface area contributed by atoms with Gasteiger partial charge in [-0.3, -0.25) is 0 Å². The molecule has 0 radical (unpaired) electrons. The number of likely N-dealkylation sites (tertiary alicyclic amines) is 1. The molecule has 0 amide bonds. The van der Waals surface area contributed by atoms with Crippen molar-refractivity contribution in [3.63, 3.8) is 0 Å². The Balaban J connectivity index is 1.14. The van der Waals surface area contributed by atoms with Crippen molar-refractivity contribution in [3.05, 3.63) is 78.5 Å². The number of fused-ring (bicyclic) bond motifs is 3. The minimum absolute atomic E-state index is 0.341. The van der Waals surface area contributed by atoms with E-state index in [1.165, 1.54) is 32.4 Å². The normalized spacial score (nSPS) is 14.3. The van der Waals surface area contributed by atoms with Crippen LogP contribution in [-0.4, -0.2) is 55.9 Å². The van der Waals surface area contributed by atoms with E-state index >= 15 is 0 Å². The molecule has 0 aliphatic carbocycles. The van der Waals surface area contributed by atoms with Gasteiger partial charge in [-0.1, -0.05) is 55.0 Å². The highest BCUT2D eigenvalue weighted by Gasteiger charge is 2.16. The minimum atomic E-state index is 0.341. The number of benzene rings is 2. The lowest BCUT2D eigenvalue weighted by Gasteiger charge is -2.26. The SMILES string of the molecule is c1ccc(-c2nnc3c4ccccc4c(OCc4ccc(OCCCN5CCCCC5)nc4)nn23)cc1. The number of pyridine rings is 1. The van der Waals surface area contributed by atoms with Gasteiger partial charge in [-0.05, 0) is 44.5 Å². The number of aromatic nitrogens is 5. The largest absolute Gasteiger partial charge is 0.478 e. The van der Waals surface area contributed by atoms with Crippen molar-refractivity contribution in [1.82, 2.24) is 29.7 Å². The van der Waals surface area contributed by atoms with Crippen LogP contribution in [0.3, 0.4) is 0 Å². The Morgan fingerprint density at radius 1 is 0.784 bits per heavy atom. The zero-order chi connectivity index (χ0) is 24.9. The average molecular weight is 495 g/mol. The van der Waals surface area contributed by atoms with Gasteiger partial charge < -0.3 is 14.4 Å². The predicted octanol–water partition coefficient (Wildman–Crippen LogP) is 5.17. The van der Waals surface area contributed by atoms with E-state index in [2.05, 4.69) is 20.1 Å². The summed E-state index contributed by atoms with van der Waals surface area (Å²) >= 11 is 0. The van der Waals surface area contributed by atoms with Crippen LogP contribution in [0.1, 0.15) is 31.2 Å². The Kier molecular flexibility index (Phi) is 6.90. The standard InChI is InChI=1S/C29H30N6O2/c1-3-10-23(11-4-1)27-31-32-28-24-12-5-6-13-25(24)29(33-35(27)28)37-21-22-14-15-26(30-20-22)36-19-9-18-34-16-7-2-8-17-34/h1,3-6,10-15,20H,2,7-9,16-19,21H2. The Hall–Kier alpha value is -4.04. The van der Waals surface area contributed by atoms with Crippen LogP contribution in [0.15, 0.2) is 72.9 Å². The molecule has 8 nitrogen and oxygen atoms in total. The quantitative estimate of drug-likeness (QED) is 0.262. The van der Waals surface area contributed by atoms with Crippen LogP contribution >= 0.6 is 0 Å². The molecular formula is C29H30N6O2. The fraction of sp³-hybridized carbons (Fsp3) is 0.310. The maximum Gasteiger partial charge on any atom is 0.240 e. The minimum Gasteiger partial charge on any atom is -0.478 e. The maximum atomic E-state index is 6.21. The molecule has 4 heterocycles. The zero-order valence-electron chi connectivity index (χ0n) is 20.8. The molecule has 1 saturated heterocycles. The molecule has 37 heavy (non-hydrogen) atoms. The molecule has 8 heteroatoms. The summed E-state index contributed by atoms with van der Waals surface area (Å²) in [7, 11) is 0. The molecule has 6 rings (SSSR count). The number of piperidine rings is 1. The summed E-state index contributed by atoms with van der Waals surface area (Å²) in [5, 5.41) is 15.4. The molecule has 0 spiro atoms. The molecule has 1 fully saturated rings. The maximum absolute atomic E-state index is 6.21. The van der Waals surface area contributed by atoms with E-state index in [1.807, 2.05) is 66.7 Å². The molecule has 2 aromatic carbocycles. The second-order valence-electron chi connectivity index (χ2n) is 9.37. The summed E-state index contributed by atoms with van der Waals surface area (Å²) < 4.78 is 13.8. The van der Waals surface area contributed by atoms with Gasteiger partial charge >= 0.3 is 0 Å². The summed E-state index contributed by atoms with van der Waals surface area (Å²) in [5.74, 6) is 1.84. The van der Waals surface area contributed by atoms with Gasteiger partial charge in [0.05, 0.1) is 6.61 Å². The van der Waals surface area contributed by atoms with Crippen LogP contribution in [0.4, 0.5) is 0 Å². The van der Waals surface area contributed by atoms with Crippen LogP contribution in [0.5, 0.6) is 11.8 Å². The lowest BCUT2D eigenvalue weighted by atomic mass is 10.1. The van der Waals surface area contributed by atoms with Crippen LogP contribution in [0, 0.1) is 0 Å². The smallest absolute Gasteiger partial charge is 0.240 e. The number of rotatable bonds is 9. The van der Waals surface area contributed by atoms with Crippen LogP contribution in [0.2, 0.25) is 0 Å². The number of nitrogens with zero attached hydrogens (tertiary/aromatic N) is 6. The second-order valence-corrected chi connectivity index (χ2v) is 9.37. The fourth-order valence-electron chi connectivity index (χ4n) is 4.81. The molecule has 188 valence electrons. The molecule has 0 N–H and O–H groups in total. The number of hydrogen-bond donors (Lipinski definition) is 0. The van der Waals surface area contributed by atoms with E-state index in [0.29, 0.717) is 36.4 Å². The first-order valence-corrected chi connectivity index (χ1v) is 13.0. The van der Waals surface area contributed by atoms with Gasteiger partial charge in [-0.2, -0.15) is 4.52 Å². The second kappa shape index (κ2) is 10.9. The molecular weight excluding hydrogens is 464 g/mol. The Morgan fingerprint density at radius 2 is 1.59 bits per heavy atom. The summed E-state index contributed by atoms with van der Waals surface area (Å²) in [6.07, 6.45) is 6.82. The van der Waals surface area contributed by atoms with Crippen molar-refractivity contribution < 1.29 is 9.47 Å². The first-order valence-electron chi connectivity index (χ1n) is 13.0. The highest BCUT2D eigenvalue weighted by atomic mass is 16.5. The first kappa shape index (κ1) is 23.4. The lowest BCUT2D eigenvalue weighted by Crippen LogP contribution is -2.31. The topological polar surface area (TPSA) is 77.7 Å². The van der Waals surface area contributed by atoms with Crippen LogP contribution < -0.4 is 9.47 Å². The zero-order valence-corrected chi connectivity index (χ0v) is 20.8. The van der Waals surface area contributed by atoms with E-state index in [9.17, 15) is 0 Å². The van der Waals surface area contributed by atoms with E-state index < -0.39 is 0 Å². The number of ether oxygens (including phenoxy) is 2. The van der Waals surface area contributed by atoms with E-state index in [1.54, 1.807) is 10.7 Å². The molecule has 5 aromatic rings. The molecule has 3 aromatic heterocycles. The monoisotopic (exact) mass is 494 g/mol. The summed E-state index contributed by atoms with van der Waals surface area (Å²) in [4.78, 5) is 7.00. The molecule has 0 bridgehead atoms. The van der Waals surface area contributed by atoms with Crippen molar-refractivity contribution in [2.24, 2.45) is 0 Å². The van der Waals surface area contributed by atoms with Gasteiger partial charge in [0, 0.05) is 40.7 Å². The fourth-order valence-corrected chi connectivity index (χ4v) is 4.81. The first-order chi connectivity index (χ1) is 18.3. The van der Waals surface area contributed by atoms with Gasteiger partial charge in [0.15, 0.2) is 11.5 Å². The average Bonchev–Trinajstić information content (AvgIpc) is 3.40. The van der Waals surface area contributed by atoms with Crippen molar-refractivity contribution in [2.75, 3.05) is 26.2 Å². The third-order valence-corrected chi connectivity index (χ3v) is 6.75. The van der Waals surface area contributed by atoms with Crippen molar-refractivity contribution in [3.8, 4) is 23.1 Å². The van der Waals surface area contributed by atoms with Gasteiger partial charge in [-0.15, -0.1) is 15.3 Å². The molecule has 1 aliphatic rings. The third kappa shape index (κ3) is 5.24. The van der Waals surface area contributed by atoms with E-state index in [-0.39, 0.29) is 0 Å². The highest BCUT2D eigenvalue weighted by molar-refractivity contribution is 5.97. The Labute approximate surface area is 215 Å².